The van der Waals surface area contributed by atoms with Crippen LogP contribution in [0.5, 0.6) is 5.75 Å². The SMILES string of the molecule is CC(C)c1cccc(C(C)C)c1NC(C)(C)c1cccc(-c2cc(C(C)(C)C)cc(-c3ccccc3)c2O)n1. The third-order valence-electron chi connectivity index (χ3n) is 7.54. The number of hydrogen-bond donors (Lipinski definition) is 2. The minimum atomic E-state index is -0.440. The van der Waals surface area contributed by atoms with E-state index in [4.69, 9.17) is 4.98 Å². The summed E-state index contributed by atoms with van der Waals surface area (Å²) >= 11 is 0. The average Bonchev–Trinajstić information content (AvgIpc) is 2.88. The predicted molar refractivity (Wildman–Crippen MR) is 167 cm³/mol. The van der Waals surface area contributed by atoms with Crippen LogP contribution in [0.2, 0.25) is 0 Å². The van der Waals surface area contributed by atoms with Gasteiger partial charge in [0.15, 0.2) is 0 Å². The number of rotatable bonds is 7. The molecular weight excluding hydrogens is 476 g/mol. The summed E-state index contributed by atoms with van der Waals surface area (Å²) in [7, 11) is 0. The lowest BCUT2D eigenvalue weighted by Gasteiger charge is -2.32. The molecule has 1 heterocycles. The minimum absolute atomic E-state index is 0.0851. The Morgan fingerprint density at radius 1 is 0.692 bits per heavy atom. The Morgan fingerprint density at radius 2 is 1.26 bits per heavy atom. The molecule has 0 aliphatic rings. The fourth-order valence-electron chi connectivity index (χ4n) is 5.11. The highest BCUT2D eigenvalue weighted by molar-refractivity contribution is 5.82. The molecule has 0 aliphatic heterocycles. The summed E-state index contributed by atoms with van der Waals surface area (Å²) in [5.74, 6) is 1.06. The number of aromatic hydroxyl groups is 1. The monoisotopic (exact) mass is 520 g/mol. The van der Waals surface area contributed by atoms with E-state index < -0.39 is 5.54 Å². The predicted octanol–water partition coefficient (Wildman–Crippen LogP) is 10.0. The lowest BCUT2D eigenvalue weighted by Crippen LogP contribution is -2.30. The van der Waals surface area contributed by atoms with Crippen molar-refractivity contribution in [2.45, 2.75) is 85.1 Å². The van der Waals surface area contributed by atoms with Crippen LogP contribution in [0.25, 0.3) is 22.4 Å². The van der Waals surface area contributed by atoms with Gasteiger partial charge < -0.3 is 10.4 Å². The first-order valence-corrected chi connectivity index (χ1v) is 14.1. The number of phenols is 1. The molecule has 0 saturated heterocycles. The van der Waals surface area contributed by atoms with Crippen LogP contribution in [0.1, 0.15) is 96.5 Å². The molecule has 0 saturated carbocycles. The zero-order chi connectivity index (χ0) is 28.5. The van der Waals surface area contributed by atoms with E-state index >= 15 is 0 Å². The number of aromatic nitrogens is 1. The van der Waals surface area contributed by atoms with Gasteiger partial charge in [-0.05, 0) is 77.6 Å². The van der Waals surface area contributed by atoms with Gasteiger partial charge in [0.2, 0.25) is 0 Å². The van der Waals surface area contributed by atoms with Crippen LogP contribution in [0.4, 0.5) is 5.69 Å². The highest BCUT2D eigenvalue weighted by Crippen LogP contribution is 2.42. The highest BCUT2D eigenvalue weighted by atomic mass is 16.3. The third-order valence-corrected chi connectivity index (χ3v) is 7.54. The highest BCUT2D eigenvalue weighted by Gasteiger charge is 2.27. The van der Waals surface area contributed by atoms with E-state index in [1.54, 1.807) is 0 Å². The van der Waals surface area contributed by atoms with E-state index in [9.17, 15) is 5.11 Å². The maximum absolute atomic E-state index is 11.6. The smallest absolute Gasteiger partial charge is 0.132 e. The summed E-state index contributed by atoms with van der Waals surface area (Å²) < 4.78 is 0. The summed E-state index contributed by atoms with van der Waals surface area (Å²) in [6, 6.07) is 27.0. The van der Waals surface area contributed by atoms with E-state index in [0.29, 0.717) is 11.8 Å². The summed E-state index contributed by atoms with van der Waals surface area (Å²) in [6.45, 7) is 19.9. The molecule has 0 spiro atoms. The molecule has 2 N–H and O–H groups in total. The van der Waals surface area contributed by atoms with Gasteiger partial charge in [-0.2, -0.15) is 0 Å². The van der Waals surface area contributed by atoms with E-state index in [2.05, 4.69) is 104 Å². The molecule has 0 aliphatic carbocycles. The van der Waals surface area contributed by atoms with Gasteiger partial charge in [0.05, 0.1) is 16.9 Å². The average molecular weight is 521 g/mol. The van der Waals surface area contributed by atoms with Crippen molar-refractivity contribution < 1.29 is 5.11 Å². The van der Waals surface area contributed by atoms with Gasteiger partial charge in [-0.3, -0.25) is 4.98 Å². The van der Waals surface area contributed by atoms with E-state index in [1.165, 1.54) is 16.8 Å². The van der Waals surface area contributed by atoms with Crippen molar-refractivity contribution in [1.82, 2.24) is 4.98 Å². The van der Waals surface area contributed by atoms with Gasteiger partial charge in [0.1, 0.15) is 5.75 Å². The molecule has 4 aromatic rings. The van der Waals surface area contributed by atoms with Gasteiger partial charge in [-0.15, -0.1) is 0 Å². The largest absolute Gasteiger partial charge is 0.507 e. The molecule has 0 unspecified atom stereocenters. The lowest BCUT2D eigenvalue weighted by molar-refractivity contribution is 0.478. The summed E-state index contributed by atoms with van der Waals surface area (Å²) in [4.78, 5) is 5.16. The third kappa shape index (κ3) is 6.03. The molecule has 0 atom stereocenters. The Morgan fingerprint density at radius 3 is 1.82 bits per heavy atom. The summed E-state index contributed by atoms with van der Waals surface area (Å²) in [5.41, 5.74) is 8.73. The lowest BCUT2D eigenvalue weighted by atomic mass is 9.83. The minimum Gasteiger partial charge on any atom is -0.507 e. The number of phenolic OH excluding ortho intramolecular Hbond substituents is 1. The Bertz CT molecular complexity index is 1420. The van der Waals surface area contributed by atoms with Crippen LogP contribution in [0.3, 0.4) is 0 Å². The molecule has 39 heavy (non-hydrogen) atoms. The Balaban J connectivity index is 1.83. The van der Waals surface area contributed by atoms with Crippen molar-refractivity contribution >= 4 is 5.69 Å². The first-order valence-electron chi connectivity index (χ1n) is 14.1. The van der Waals surface area contributed by atoms with Crippen LogP contribution >= 0.6 is 0 Å². The molecule has 0 fully saturated rings. The van der Waals surface area contributed by atoms with Gasteiger partial charge >= 0.3 is 0 Å². The van der Waals surface area contributed by atoms with Crippen molar-refractivity contribution in [1.29, 1.82) is 0 Å². The maximum Gasteiger partial charge on any atom is 0.132 e. The molecule has 0 amide bonds. The van der Waals surface area contributed by atoms with Crippen LogP contribution < -0.4 is 5.32 Å². The standard InChI is InChI=1S/C36H44N2O/c1-23(2)27-17-13-18-28(24(3)4)33(27)38-36(8,9)32-20-14-19-31(37-32)30-22-26(35(5,6)7)21-29(34(30)39)25-15-11-10-12-16-25/h10-24,38-39H,1-9H3. The molecule has 1 aromatic heterocycles. The van der Waals surface area contributed by atoms with Gasteiger partial charge in [-0.25, -0.2) is 0 Å². The number of nitrogens with zero attached hydrogens (tertiary/aromatic N) is 1. The topological polar surface area (TPSA) is 45.1 Å². The van der Waals surface area contributed by atoms with Crippen LogP contribution in [-0.2, 0) is 11.0 Å². The summed E-state index contributed by atoms with van der Waals surface area (Å²) in [6.07, 6.45) is 0. The van der Waals surface area contributed by atoms with Crippen LogP contribution in [-0.4, -0.2) is 10.1 Å². The van der Waals surface area contributed by atoms with Crippen LogP contribution in [0.15, 0.2) is 78.9 Å². The number of para-hydroxylation sites is 1. The number of nitrogens with one attached hydrogen (secondary N) is 1. The van der Waals surface area contributed by atoms with Crippen molar-refractivity contribution in [3.05, 3.63) is 101 Å². The Labute approximate surface area is 235 Å². The van der Waals surface area contributed by atoms with Crippen molar-refractivity contribution in [2.24, 2.45) is 0 Å². The fraction of sp³-hybridized carbons (Fsp3) is 0.361. The zero-order valence-electron chi connectivity index (χ0n) is 25.1. The first kappa shape index (κ1) is 28.4. The Hall–Kier alpha value is -3.59. The number of hydrogen-bond acceptors (Lipinski definition) is 3. The molecule has 204 valence electrons. The van der Waals surface area contributed by atoms with Gasteiger partial charge in [-0.1, -0.05) is 103 Å². The summed E-state index contributed by atoms with van der Waals surface area (Å²) in [5, 5.41) is 15.4. The van der Waals surface area contributed by atoms with Crippen LogP contribution in [0, 0.1) is 0 Å². The number of anilines is 1. The van der Waals surface area contributed by atoms with Gasteiger partial charge in [0.25, 0.3) is 0 Å². The molecular formula is C36H44N2O. The molecule has 0 radical (unpaired) electrons. The fourth-order valence-corrected chi connectivity index (χ4v) is 5.11. The van der Waals surface area contributed by atoms with Gasteiger partial charge in [0, 0.05) is 16.8 Å². The quantitative estimate of drug-likeness (QED) is 0.255. The van der Waals surface area contributed by atoms with E-state index in [0.717, 1.165) is 33.6 Å². The second-order valence-electron chi connectivity index (χ2n) is 12.8. The molecule has 0 bridgehead atoms. The number of pyridine rings is 1. The first-order chi connectivity index (χ1) is 18.3. The van der Waals surface area contributed by atoms with E-state index in [-0.39, 0.29) is 11.2 Å². The van der Waals surface area contributed by atoms with E-state index in [1.807, 2.05) is 42.5 Å². The zero-order valence-corrected chi connectivity index (χ0v) is 25.1. The molecule has 4 rings (SSSR count). The maximum atomic E-state index is 11.6. The molecule has 3 nitrogen and oxygen atoms in total. The molecule has 3 aromatic carbocycles. The van der Waals surface area contributed by atoms with Crippen molar-refractivity contribution in [3.63, 3.8) is 0 Å². The molecule has 3 heteroatoms. The second kappa shape index (κ2) is 10.9. The second-order valence-corrected chi connectivity index (χ2v) is 12.8. The normalized spacial score (nSPS) is 12.3. The van der Waals surface area contributed by atoms with Crippen molar-refractivity contribution in [3.8, 4) is 28.1 Å². The Kier molecular flexibility index (Phi) is 7.93. The van der Waals surface area contributed by atoms with Crippen molar-refractivity contribution in [2.75, 3.05) is 5.32 Å². The number of benzene rings is 3.